The van der Waals surface area contributed by atoms with Gasteiger partial charge in [-0.2, -0.15) is 0 Å². The predicted octanol–water partition coefficient (Wildman–Crippen LogP) is 4.05. The Balaban J connectivity index is 2.21. The molecule has 1 radical (unpaired) electrons. The lowest BCUT2D eigenvalue weighted by molar-refractivity contribution is 0.639. The van der Waals surface area contributed by atoms with Crippen molar-refractivity contribution in [2.24, 2.45) is 0 Å². The van der Waals surface area contributed by atoms with Gasteiger partial charge in [0.05, 0.1) is 0 Å². The van der Waals surface area contributed by atoms with Gasteiger partial charge in [-0.1, -0.05) is 43.6 Å². The van der Waals surface area contributed by atoms with Crippen LogP contribution in [0, 0.1) is 6.42 Å². The molecule has 0 N–H and O–H groups in total. The van der Waals surface area contributed by atoms with Gasteiger partial charge in [0.2, 0.25) is 0 Å². The molecule has 1 aliphatic carbocycles. The maximum atomic E-state index is 2.38. The summed E-state index contributed by atoms with van der Waals surface area (Å²) >= 11 is 0. The number of hydrogen-bond donors (Lipinski definition) is 0. The molecule has 1 aliphatic rings. The molecule has 0 heterocycles. The van der Waals surface area contributed by atoms with Crippen molar-refractivity contribution in [2.45, 2.75) is 44.9 Å². The standard InChI is InChI=1S/C12H19/c1-2-4-6-8-10-12-11-9-7-5-3-1/h1-4,7H,5-6,8-12H2. The second-order valence-corrected chi connectivity index (χ2v) is 3.37. The summed E-state index contributed by atoms with van der Waals surface area (Å²) in [5, 5.41) is 0. The van der Waals surface area contributed by atoms with Crippen LogP contribution < -0.4 is 0 Å². The Hall–Kier alpha value is -0.520. The Morgan fingerprint density at radius 3 is 2.33 bits per heavy atom. The molecule has 0 saturated carbocycles. The zero-order valence-corrected chi connectivity index (χ0v) is 7.84. The fraction of sp³-hybridized carbons (Fsp3) is 0.583. The Bertz CT molecular complexity index is 124. The quantitative estimate of drug-likeness (QED) is 0.505. The first-order valence-electron chi connectivity index (χ1n) is 5.13. The van der Waals surface area contributed by atoms with Crippen LogP contribution in [0.1, 0.15) is 44.9 Å². The minimum absolute atomic E-state index is 1.14. The topological polar surface area (TPSA) is 0 Å². The first-order valence-corrected chi connectivity index (χ1v) is 5.13. The predicted molar refractivity (Wildman–Crippen MR) is 54.9 cm³/mol. The number of hydrogen-bond acceptors (Lipinski definition) is 0. The molecule has 0 aromatic heterocycles. The summed E-state index contributed by atoms with van der Waals surface area (Å²) in [6, 6.07) is 0. The third kappa shape index (κ3) is 5.17. The Morgan fingerprint density at radius 1 is 0.667 bits per heavy atom. The van der Waals surface area contributed by atoms with Crippen LogP contribution in [0.3, 0.4) is 0 Å². The second-order valence-electron chi connectivity index (χ2n) is 3.37. The monoisotopic (exact) mass is 163 g/mol. The van der Waals surface area contributed by atoms with Gasteiger partial charge in [0.25, 0.3) is 0 Å². The van der Waals surface area contributed by atoms with Crippen LogP contribution in [-0.4, -0.2) is 0 Å². The van der Waals surface area contributed by atoms with Gasteiger partial charge < -0.3 is 0 Å². The highest BCUT2D eigenvalue weighted by atomic mass is 14.0. The molecule has 0 aromatic carbocycles. The Labute approximate surface area is 76.4 Å². The smallest absolute Gasteiger partial charge is 0.0316 e. The van der Waals surface area contributed by atoms with E-state index in [4.69, 9.17) is 0 Å². The zero-order valence-electron chi connectivity index (χ0n) is 7.84. The fourth-order valence-electron chi connectivity index (χ4n) is 1.45. The molecule has 0 nitrogen and oxygen atoms in total. The van der Waals surface area contributed by atoms with Crippen molar-refractivity contribution >= 4 is 0 Å². The molecule has 0 spiro atoms. The van der Waals surface area contributed by atoms with Crippen molar-refractivity contribution in [3.63, 3.8) is 0 Å². The second kappa shape index (κ2) is 7.15. The molecule has 0 saturated heterocycles. The van der Waals surface area contributed by atoms with Gasteiger partial charge in [-0.3, -0.25) is 0 Å². The molecule has 67 valence electrons. The molecule has 1 rings (SSSR count). The largest absolute Gasteiger partial charge is 0.0845 e. The lowest BCUT2D eigenvalue weighted by Crippen LogP contribution is -1.80. The zero-order chi connectivity index (χ0) is 8.49. The van der Waals surface area contributed by atoms with E-state index in [1.165, 1.54) is 38.5 Å². The average Bonchev–Trinajstić information content (AvgIpc) is 2.05. The van der Waals surface area contributed by atoms with E-state index in [9.17, 15) is 0 Å². The van der Waals surface area contributed by atoms with Crippen molar-refractivity contribution in [3.05, 3.63) is 30.7 Å². The number of rotatable bonds is 0. The van der Waals surface area contributed by atoms with Crippen molar-refractivity contribution < 1.29 is 0 Å². The molecule has 0 aliphatic heterocycles. The highest BCUT2D eigenvalue weighted by Gasteiger charge is 1.90. The van der Waals surface area contributed by atoms with Gasteiger partial charge in [-0.25, -0.2) is 0 Å². The van der Waals surface area contributed by atoms with E-state index in [-0.39, 0.29) is 0 Å². The summed E-state index contributed by atoms with van der Waals surface area (Å²) in [4.78, 5) is 0. The van der Waals surface area contributed by atoms with E-state index >= 15 is 0 Å². The highest BCUT2D eigenvalue weighted by molar-refractivity contribution is 5.03. The molecular weight excluding hydrogens is 144 g/mol. The van der Waals surface area contributed by atoms with Crippen LogP contribution in [-0.2, 0) is 0 Å². The van der Waals surface area contributed by atoms with E-state index in [0.717, 1.165) is 6.42 Å². The third-order valence-corrected chi connectivity index (χ3v) is 2.22. The van der Waals surface area contributed by atoms with Gasteiger partial charge in [-0.15, -0.1) is 0 Å². The molecule has 0 amide bonds. The molecule has 0 fully saturated rings. The van der Waals surface area contributed by atoms with Crippen LogP contribution in [0.15, 0.2) is 24.3 Å². The normalized spacial score (nSPS) is 21.3. The summed E-state index contributed by atoms with van der Waals surface area (Å²) in [5.74, 6) is 0. The minimum Gasteiger partial charge on any atom is -0.0845 e. The summed E-state index contributed by atoms with van der Waals surface area (Å²) in [6.07, 6.45) is 20.5. The minimum atomic E-state index is 1.14. The third-order valence-electron chi connectivity index (χ3n) is 2.22. The lowest BCUT2D eigenvalue weighted by atomic mass is 10.1. The first kappa shape index (κ1) is 9.57. The van der Waals surface area contributed by atoms with Gasteiger partial charge in [0, 0.05) is 0 Å². The fourth-order valence-corrected chi connectivity index (χ4v) is 1.45. The van der Waals surface area contributed by atoms with Crippen molar-refractivity contribution in [3.8, 4) is 0 Å². The van der Waals surface area contributed by atoms with Gasteiger partial charge in [-0.05, 0) is 32.1 Å². The van der Waals surface area contributed by atoms with Crippen molar-refractivity contribution in [1.29, 1.82) is 0 Å². The lowest BCUT2D eigenvalue weighted by Gasteiger charge is -1.99. The molecule has 0 heteroatoms. The van der Waals surface area contributed by atoms with E-state index in [1.54, 1.807) is 0 Å². The summed E-state index contributed by atoms with van der Waals surface area (Å²) in [6.45, 7) is 0. The summed E-state index contributed by atoms with van der Waals surface area (Å²) in [5.41, 5.74) is 0. The molecule has 0 unspecified atom stereocenters. The molecule has 12 heavy (non-hydrogen) atoms. The Morgan fingerprint density at radius 2 is 1.42 bits per heavy atom. The van der Waals surface area contributed by atoms with Crippen LogP contribution >= 0.6 is 0 Å². The first-order chi connectivity index (χ1) is 6.00. The molecule has 0 aromatic rings. The van der Waals surface area contributed by atoms with Crippen molar-refractivity contribution in [1.82, 2.24) is 0 Å². The average molecular weight is 163 g/mol. The summed E-state index contributed by atoms with van der Waals surface area (Å²) < 4.78 is 0. The van der Waals surface area contributed by atoms with Gasteiger partial charge >= 0.3 is 0 Å². The maximum Gasteiger partial charge on any atom is -0.0316 e. The van der Waals surface area contributed by atoms with Crippen LogP contribution in [0.4, 0.5) is 0 Å². The summed E-state index contributed by atoms with van der Waals surface area (Å²) in [7, 11) is 0. The molecule has 0 atom stereocenters. The van der Waals surface area contributed by atoms with Crippen LogP contribution in [0.2, 0.25) is 0 Å². The van der Waals surface area contributed by atoms with Crippen LogP contribution in [0.25, 0.3) is 0 Å². The van der Waals surface area contributed by atoms with E-state index in [1.807, 2.05) is 0 Å². The van der Waals surface area contributed by atoms with E-state index in [0.29, 0.717) is 0 Å². The van der Waals surface area contributed by atoms with Crippen molar-refractivity contribution in [2.75, 3.05) is 0 Å². The molecular formula is C12H19. The Kier molecular flexibility index (Phi) is 5.70. The van der Waals surface area contributed by atoms with Crippen LogP contribution in [0.5, 0.6) is 0 Å². The van der Waals surface area contributed by atoms with E-state index < -0.39 is 0 Å². The SMILES string of the molecule is [CH]1CC=CC=CCCCCCC1. The van der Waals surface area contributed by atoms with Gasteiger partial charge in [0.1, 0.15) is 0 Å². The molecule has 0 bridgehead atoms. The van der Waals surface area contributed by atoms with Gasteiger partial charge in [0.15, 0.2) is 0 Å². The maximum absolute atomic E-state index is 2.38. The number of allylic oxidation sites excluding steroid dienone is 4. The van der Waals surface area contributed by atoms with E-state index in [2.05, 4.69) is 30.7 Å². The highest BCUT2D eigenvalue weighted by Crippen LogP contribution is 2.09.